The summed E-state index contributed by atoms with van der Waals surface area (Å²) in [5, 5.41) is 0. The Labute approximate surface area is 147 Å². The van der Waals surface area contributed by atoms with Crippen LogP contribution < -0.4 is 5.56 Å². The molecule has 0 N–H and O–H groups in total. The van der Waals surface area contributed by atoms with Gasteiger partial charge in [0.05, 0.1) is 5.56 Å². The van der Waals surface area contributed by atoms with Gasteiger partial charge in [0.25, 0.3) is 5.56 Å². The van der Waals surface area contributed by atoms with Gasteiger partial charge in [0, 0.05) is 50.7 Å². The Morgan fingerprint density at radius 3 is 2.77 bits per heavy atom. The maximum atomic E-state index is 12.8. The van der Waals surface area contributed by atoms with Crippen molar-refractivity contribution in [2.45, 2.75) is 31.5 Å². The number of rotatable bonds is 3. The number of carbonyl (C=O) groups excluding carboxylic acids is 1. The number of aromatic nitrogens is 3. The molecule has 26 heavy (non-hydrogen) atoms. The van der Waals surface area contributed by atoms with Gasteiger partial charge >= 0.3 is 6.18 Å². The molecule has 0 spiro atoms. The average Bonchev–Trinajstić information content (AvgIpc) is 3.02. The zero-order chi connectivity index (χ0) is 18.9. The highest BCUT2D eigenvalue weighted by Crippen LogP contribution is 2.28. The number of aryl methyl sites for hydroxylation is 1. The molecular weight excluding hydrogens is 349 g/mol. The maximum Gasteiger partial charge on any atom is 0.417 e. The Balaban J connectivity index is 1.74. The molecule has 1 fully saturated rings. The molecule has 3 rings (SSSR count). The van der Waals surface area contributed by atoms with Crippen molar-refractivity contribution in [2.24, 2.45) is 7.05 Å². The highest BCUT2D eigenvalue weighted by atomic mass is 19.4. The molecule has 1 unspecified atom stereocenters. The number of likely N-dealkylation sites (tertiary alicyclic amines) is 1. The summed E-state index contributed by atoms with van der Waals surface area (Å²) in [6.45, 7) is 0.556. The summed E-state index contributed by atoms with van der Waals surface area (Å²) >= 11 is 0. The molecule has 9 heteroatoms. The summed E-state index contributed by atoms with van der Waals surface area (Å²) in [6, 6.07) is 1.56. The maximum absolute atomic E-state index is 12.8. The van der Waals surface area contributed by atoms with Crippen LogP contribution in [0.4, 0.5) is 13.2 Å². The van der Waals surface area contributed by atoms with Crippen LogP contribution in [0, 0.1) is 0 Å². The van der Waals surface area contributed by atoms with Crippen LogP contribution in [0.1, 0.15) is 30.1 Å². The second-order valence-electron chi connectivity index (χ2n) is 6.46. The number of hydrogen-bond acceptors (Lipinski definition) is 3. The minimum absolute atomic E-state index is 0.0749. The van der Waals surface area contributed by atoms with Crippen LogP contribution in [0.5, 0.6) is 0 Å². The van der Waals surface area contributed by atoms with Gasteiger partial charge in [-0.3, -0.25) is 9.59 Å². The molecule has 140 valence electrons. The topological polar surface area (TPSA) is 60.1 Å². The van der Waals surface area contributed by atoms with E-state index in [2.05, 4.69) is 4.98 Å². The lowest BCUT2D eigenvalue weighted by molar-refractivity contribution is -0.139. The Morgan fingerprint density at radius 1 is 1.35 bits per heavy atom. The Hall–Kier alpha value is -2.58. The first-order chi connectivity index (χ1) is 12.3. The van der Waals surface area contributed by atoms with Crippen molar-refractivity contribution < 1.29 is 18.0 Å². The van der Waals surface area contributed by atoms with Gasteiger partial charge in [-0.25, -0.2) is 4.98 Å². The minimum Gasteiger partial charge on any atom is -0.340 e. The van der Waals surface area contributed by atoms with Gasteiger partial charge in [-0.05, 0) is 18.9 Å². The Kier molecular flexibility index (Phi) is 4.88. The van der Waals surface area contributed by atoms with Crippen molar-refractivity contribution in [3.8, 4) is 0 Å². The fourth-order valence-electron chi connectivity index (χ4n) is 3.25. The van der Waals surface area contributed by atoms with Crippen LogP contribution in [-0.2, 0) is 24.6 Å². The number of hydrogen-bond donors (Lipinski definition) is 0. The molecule has 0 radical (unpaired) electrons. The van der Waals surface area contributed by atoms with Gasteiger partial charge in [-0.2, -0.15) is 13.2 Å². The smallest absolute Gasteiger partial charge is 0.340 e. The van der Waals surface area contributed by atoms with Crippen molar-refractivity contribution in [3.63, 3.8) is 0 Å². The highest BCUT2D eigenvalue weighted by molar-refractivity contribution is 5.76. The molecule has 1 saturated heterocycles. The fraction of sp³-hybridized carbons (Fsp3) is 0.471. The second kappa shape index (κ2) is 6.97. The molecule has 1 amide bonds. The first-order valence-electron chi connectivity index (χ1n) is 8.28. The lowest BCUT2D eigenvalue weighted by atomic mass is 9.97. The largest absolute Gasteiger partial charge is 0.417 e. The fourth-order valence-corrected chi connectivity index (χ4v) is 3.25. The molecule has 0 bridgehead atoms. The predicted octanol–water partition coefficient (Wildman–Crippen LogP) is 2.01. The van der Waals surface area contributed by atoms with Crippen molar-refractivity contribution >= 4 is 5.91 Å². The van der Waals surface area contributed by atoms with Gasteiger partial charge in [-0.1, -0.05) is 0 Å². The third kappa shape index (κ3) is 3.81. The SMILES string of the molecule is Cn1ccnc1C1CCCN(C(=O)Cn2cc(C(F)(F)F)ccc2=O)C1. The monoisotopic (exact) mass is 368 g/mol. The average molecular weight is 368 g/mol. The number of imidazole rings is 1. The van der Waals surface area contributed by atoms with E-state index < -0.39 is 23.8 Å². The zero-order valence-corrected chi connectivity index (χ0v) is 14.2. The second-order valence-corrected chi connectivity index (χ2v) is 6.46. The van der Waals surface area contributed by atoms with Crippen molar-refractivity contribution in [2.75, 3.05) is 13.1 Å². The first kappa shape index (κ1) is 18.2. The number of halogens is 3. The summed E-state index contributed by atoms with van der Waals surface area (Å²) in [7, 11) is 1.88. The third-order valence-electron chi connectivity index (χ3n) is 4.61. The minimum atomic E-state index is -4.56. The number of carbonyl (C=O) groups is 1. The van der Waals surface area contributed by atoms with Gasteiger partial charge in [-0.15, -0.1) is 0 Å². The Bertz CT molecular complexity index is 856. The predicted molar refractivity (Wildman–Crippen MR) is 87.5 cm³/mol. The zero-order valence-electron chi connectivity index (χ0n) is 14.2. The van der Waals surface area contributed by atoms with E-state index in [0.717, 1.165) is 35.4 Å². The van der Waals surface area contributed by atoms with E-state index >= 15 is 0 Å². The molecule has 1 aliphatic rings. The molecule has 1 atom stereocenters. The van der Waals surface area contributed by atoms with E-state index in [1.54, 1.807) is 11.1 Å². The molecule has 0 aromatic carbocycles. The molecule has 3 heterocycles. The Morgan fingerprint density at radius 2 is 2.12 bits per heavy atom. The summed E-state index contributed by atoms with van der Waals surface area (Å²) < 4.78 is 41.2. The van der Waals surface area contributed by atoms with Crippen LogP contribution in [0.15, 0.2) is 35.5 Å². The summed E-state index contributed by atoms with van der Waals surface area (Å²) in [5.41, 5.74) is -1.58. The van der Waals surface area contributed by atoms with Gasteiger partial charge < -0.3 is 14.0 Å². The van der Waals surface area contributed by atoms with Crippen LogP contribution in [0.3, 0.4) is 0 Å². The van der Waals surface area contributed by atoms with E-state index in [1.165, 1.54) is 0 Å². The van der Waals surface area contributed by atoms with E-state index in [-0.39, 0.29) is 11.8 Å². The first-order valence-corrected chi connectivity index (χ1v) is 8.28. The van der Waals surface area contributed by atoms with E-state index in [4.69, 9.17) is 0 Å². The van der Waals surface area contributed by atoms with Crippen molar-refractivity contribution in [1.82, 2.24) is 19.0 Å². The van der Waals surface area contributed by atoms with E-state index in [1.807, 2.05) is 17.8 Å². The van der Waals surface area contributed by atoms with Crippen LogP contribution in [-0.4, -0.2) is 38.0 Å². The molecule has 0 aliphatic carbocycles. The third-order valence-corrected chi connectivity index (χ3v) is 4.61. The number of nitrogens with zero attached hydrogens (tertiary/aromatic N) is 4. The number of piperidine rings is 1. The molecule has 2 aromatic heterocycles. The highest BCUT2D eigenvalue weighted by Gasteiger charge is 2.32. The summed E-state index contributed by atoms with van der Waals surface area (Å²) in [5.74, 6) is 0.579. The summed E-state index contributed by atoms with van der Waals surface area (Å²) in [6.07, 6.45) is 1.32. The number of pyridine rings is 1. The number of amides is 1. The quantitative estimate of drug-likeness (QED) is 0.833. The molecule has 2 aromatic rings. The van der Waals surface area contributed by atoms with Crippen LogP contribution >= 0.6 is 0 Å². The van der Waals surface area contributed by atoms with Crippen LogP contribution in [0.25, 0.3) is 0 Å². The van der Waals surface area contributed by atoms with Gasteiger partial charge in [0.1, 0.15) is 12.4 Å². The molecule has 6 nitrogen and oxygen atoms in total. The standard InChI is InChI=1S/C17H19F3N4O2/c1-22-8-6-21-16(22)12-3-2-7-23(9-12)15(26)11-24-10-13(17(18,19)20)4-5-14(24)25/h4-6,8,10,12H,2-3,7,9,11H2,1H3. The van der Waals surface area contributed by atoms with Crippen LogP contribution in [0.2, 0.25) is 0 Å². The van der Waals surface area contributed by atoms with E-state index in [0.29, 0.717) is 19.3 Å². The van der Waals surface area contributed by atoms with Gasteiger partial charge in [0.15, 0.2) is 0 Å². The summed E-state index contributed by atoms with van der Waals surface area (Å²) in [4.78, 5) is 30.3. The van der Waals surface area contributed by atoms with Gasteiger partial charge in [0.2, 0.25) is 5.91 Å². The molecule has 1 aliphatic heterocycles. The molecular formula is C17H19F3N4O2. The lowest BCUT2D eigenvalue weighted by Crippen LogP contribution is -2.42. The van der Waals surface area contributed by atoms with Crippen molar-refractivity contribution in [3.05, 3.63) is 52.5 Å². The molecule has 0 saturated carbocycles. The van der Waals surface area contributed by atoms with E-state index in [9.17, 15) is 22.8 Å². The number of alkyl halides is 3. The lowest BCUT2D eigenvalue weighted by Gasteiger charge is -2.32. The van der Waals surface area contributed by atoms with Crippen molar-refractivity contribution in [1.29, 1.82) is 0 Å². The normalized spacial score (nSPS) is 18.2.